The number of nitrogens with one attached hydrogen (secondary N) is 1. The first kappa shape index (κ1) is 28.6. The number of carbonyl (C=O) groups is 1. The molecule has 0 unspecified atom stereocenters. The summed E-state index contributed by atoms with van der Waals surface area (Å²) in [6, 6.07) is 23.7. The Morgan fingerprint density at radius 2 is 1.80 bits per heavy atom. The normalized spacial score (nSPS) is 15.0. The van der Waals surface area contributed by atoms with Gasteiger partial charge < -0.3 is 14.8 Å². The van der Waals surface area contributed by atoms with Crippen molar-refractivity contribution in [2.75, 3.05) is 12.4 Å². The smallest absolute Gasteiger partial charge is 0.259 e. The van der Waals surface area contributed by atoms with Crippen molar-refractivity contribution in [3.63, 3.8) is 0 Å². The summed E-state index contributed by atoms with van der Waals surface area (Å²) >= 11 is 1.65. The SMILES string of the molecule is COc1cc(C=Nc2sc3c(c2C(=O)Nc2ccccc2)CC[C@@H](C(C)(C)C)C3)ccc1OCc1ccc(C)cc1. The summed E-state index contributed by atoms with van der Waals surface area (Å²) in [6.07, 6.45) is 4.75. The van der Waals surface area contributed by atoms with E-state index >= 15 is 0 Å². The van der Waals surface area contributed by atoms with Gasteiger partial charge in [0.05, 0.1) is 12.7 Å². The van der Waals surface area contributed by atoms with Crippen molar-refractivity contribution in [2.45, 2.75) is 53.6 Å². The standard InChI is InChI=1S/C35H38N2O3S/c1-23-11-13-24(14-12-23)22-40-29-18-15-25(19-30(29)39-5)21-36-34-32(33(38)37-27-9-7-6-8-10-27)28-17-16-26(35(2,3)4)20-31(28)41-34/h6-15,18-19,21,26H,16-17,20,22H2,1-5H3,(H,37,38)/t26-/m1/s1. The summed E-state index contributed by atoms with van der Waals surface area (Å²) in [5, 5.41) is 3.83. The fourth-order valence-corrected chi connectivity index (χ4v) is 6.48. The number of amides is 1. The van der Waals surface area contributed by atoms with E-state index in [0.717, 1.165) is 46.6 Å². The van der Waals surface area contributed by atoms with Crippen molar-refractivity contribution in [3.05, 3.63) is 105 Å². The number of aliphatic imine (C=N–C) groups is 1. The van der Waals surface area contributed by atoms with Crippen LogP contribution >= 0.6 is 11.3 Å². The Morgan fingerprint density at radius 3 is 2.51 bits per heavy atom. The lowest BCUT2D eigenvalue weighted by atomic mass is 9.72. The van der Waals surface area contributed by atoms with Crippen LogP contribution in [0.3, 0.4) is 0 Å². The molecule has 0 aliphatic heterocycles. The zero-order valence-corrected chi connectivity index (χ0v) is 25.3. The molecule has 4 aromatic rings. The molecule has 1 aliphatic rings. The van der Waals surface area contributed by atoms with Gasteiger partial charge in [0, 0.05) is 16.8 Å². The van der Waals surface area contributed by atoms with E-state index in [1.54, 1.807) is 18.4 Å². The molecule has 1 aromatic heterocycles. The van der Waals surface area contributed by atoms with E-state index < -0.39 is 0 Å². The number of anilines is 1. The van der Waals surface area contributed by atoms with Crippen LogP contribution in [0.4, 0.5) is 10.7 Å². The molecule has 0 fully saturated rings. The number of nitrogens with zero attached hydrogens (tertiary/aromatic N) is 1. The summed E-state index contributed by atoms with van der Waals surface area (Å²) in [6.45, 7) is 9.45. The van der Waals surface area contributed by atoms with Crippen LogP contribution in [0, 0.1) is 18.3 Å². The van der Waals surface area contributed by atoms with Gasteiger partial charge in [-0.2, -0.15) is 0 Å². The van der Waals surface area contributed by atoms with Crippen LogP contribution in [0.25, 0.3) is 0 Å². The fourth-order valence-electron chi connectivity index (χ4n) is 5.21. The zero-order chi connectivity index (χ0) is 29.0. The molecule has 0 bridgehead atoms. The van der Waals surface area contributed by atoms with Gasteiger partial charge in [-0.15, -0.1) is 11.3 Å². The van der Waals surface area contributed by atoms with Crippen LogP contribution in [0.5, 0.6) is 11.5 Å². The molecule has 0 saturated heterocycles. The number of thiophene rings is 1. The number of hydrogen-bond acceptors (Lipinski definition) is 5. The van der Waals surface area contributed by atoms with Crippen LogP contribution in [0.15, 0.2) is 77.8 Å². The van der Waals surface area contributed by atoms with Gasteiger partial charge in [-0.05, 0) is 84.5 Å². The van der Waals surface area contributed by atoms with Gasteiger partial charge in [0.2, 0.25) is 0 Å². The summed E-state index contributed by atoms with van der Waals surface area (Å²) in [7, 11) is 1.64. The second-order valence-electron chi connectivity index (χ2n) is 11.8. The Labute approximate surface area is 247 Å². The highest BCUT2D eigenvalue weighted by Crippen LogP contribution is 2.45. The largest absolute Gasteiger partial charge is 0.493 e. The number of rotatable bonds is 8. The molecule has 1 N–H and O–H groups in total. The number of ether oxygens (including phenoxy) is 2. The number of aryl methyl sites for hydroxylation is 1. The van der Waals surface area contributed by atoms with Gasteiger partial charge in [0.15, 0.2) is 11.5 Å². The molecule has 1 heterocycles. The first-order valence-corrected chi connectivity index (χ1v) is 14.9. The third-order valence-corrected chi connectivity index (χ3v) is 8.93. The molecule has 212 valence electrons. The van der Waals surface area contributed by atoms with Crippen LogP contribution in [0.2, 0.25) is 0 Å². The molecular weight excluding hydrogens is 528 g/mol. The Morgan fingerprint density at radius 1 is 1.05 bits per heavy atom. The quantitative estimate of drug-likeness (QED) is 0.217. The number of benzene rings is 3. The first-order valence-electron chi connectivity index (χ1n) is 14.1. The van der Waals surface area contributed by atoms with Crippen LogP contribution in [-0.4, -0.2) is 19.2 Å². The van der Waals surface area contributed by atoms with E-state index in [1.165, 1.54) is 10.4 Å². The molecule has 5 rings (SSSR count). The monoisotopic (exact) mass is 566 g/mol. The molecule has 3 aromatic carbocycles. The third kappa shape index (κ3) is 6.88. The van der Waals surface area contributed by atoms with Crippen LogP contribution in [-0.2, 0) is 19.4 Å². The molecule has 1 aliphatic carbocycles. The van der Waals surface area contributed by atoms with E-state index in [4.69, 9.17) is 14.5 Å². The van der Waals surface area contributed by atoms with Gasteiger partial charge in [-0.3, -0.25) is 4.79 Å². The Bertz CT molecular complexity index is 1530. The average molecular weight is 567 g/mol. The van der Waals surface area contributed by atoms with Crippen molar-refractivity contribution in [1.29, 1.82) is 0 Å². The Hall–Kier alpha value is -3.90. The van der Waals surface area contributed by atoms with Gasteiger partial charge in [0.25, 0.3) is 5.91 Å². The van der Waals surface area contributed by atoms with Crippen LogP contribution in [0.1, 0.15) is 64.7 Å². The number of carbonyl (C=O) groups excluding carboxylic acids is 1. The van der Waals surface area contributed by atoms with E-state index in [0.29, 0.717) is 29.6 Å². The van der Waals surface area contributed by atoms with Gasteiger partial charge in [0.1, 0.15) is 11.6 Å². The fraction of sp³-hybridized carbons (Fsp3) is 0.314. The topological polar surface area (TPSA) is 59.9 Å². The van der Waals surface area contributed by atoms with Crippen LogP contribution < -0.4 is 14.8 Å². The Kier molecular flexibility index (Phi) is 8.60. The maximum absolute atomic E-state index is 13.6. The van der Waals surface area contributed by atoms with Gasteiger partial charge >= 0.3 is 0 Å². The van der Waals surface area contributed by atoms with E-state index in [1.807, 2.05) is 54.7 Å². The molecule has 0 radical (unpaired) electrons. The predicted octanol–water partition coefficient (Wildman–Crippen LogP) is 8.80. The summed E-state index contributed by atoms with van der Waals surface area (Å²) in [4.78, 5) is 19.7. The second-order valence-corrected chi connectivity index (χ2v) is 12.8. The van der Waals surface area contributed by atoms with Gasteiger partial charge in [-0.25, -0.2) is 4.99 Å². The van der Waals surface area contributed by atoms with Crippen molar-refractivity contribution >= 4 is 34.1 Å². The summed E-state index contributed by atoms with van der Waals surface area (Å²) in [5.74, 6) is 1.79. The number of para-hydroxylation sites is 1. The number of methoxy groups -OCH3 is 1. The first-order chi connectivity index (χ1) is 19.7. The van der Waals surface area contributed by atoms with Crippen molar-refractivity contribution in [1.82, 2.24) is 0 Å². The molecule has 1 atom stereocenters. The number of fused-ring (bicyclic) bond motifs is 1. The van der Waals surface area contributed by atoms with E-state index in [9.17, 15) is 4.79 Å². The lowest BCUT2D eigenvalue weighted by Crippen LogP contribution is -2.27. The van der Waals surface area contributed by atoms with E-state index in [-0.39, 0.29) is 11.3 Å². The lowest BCUT2D eigenvalue weighted by Gasteiger charge is -2.33. The maximum atomic E-state index is 13.6. The van der Waals surface area contributed by atoms with E-state index in [2.05, 4.69) is 57.3 Å². The maximum Gasteiger partial charge on any atom is 0.259 e. The highest BCUT2D eigenvalue weighted by atomic mass is 32.1. The minimum atomic E-state index is -0.104. The molecule has 5 nitrogen and oxygen atoms in total. The molecule has 41 heavy (non-hydrogen) atoms. The number of hydrogen-bond donors (Lipinski definition) is 1. The molecule has 1 amide bonds. The Balaban J connectivity index is 1.40. The zero-order valence-electron chi connectivity index (χ0n) is 24.5. The highest BCUT2D eigenvalue weighted by Gasteiger charge is 2.33. The molecule has 0 saturated carbocycles. The second kappa shape index (κ2) is 12.3. The van der Waals surface area contributed by atoms with Crippen molar-refractivity contribution in [2.24, 2.45) is 16.3 Å². The minimum absolute atomic E-state index is 0.104. The average Bonchev–Trinajstić information content (AvgIpc) is 3.34. The molecular formula is C35H38N2O3S. The van der Waals surface area contributed by atoms with Crippen molar-refractivity contribution < 1.29 is 14.3 Å². The predicted molar refractivity (Wildman–Crippen MR) is 169 cm³/mol. The highest BCUT2D eigenvalue weighted by molar-refractivity contribution is 7.16. The third-order valence-electron chi connectivity index (χ3n) is 7.76. The summed E-state index contributed by atoms with van der Waals surface area (Å²) in [5.41, 5.74) is 6.03. The lowest BCUT2D eigenvalue weighted by molar-refractivity contribution is 0.102. The minimum Gasteiger partial charge on any atom is -0.493 e. The molecule has 0 spiro atoms. The summed E-state index contributed by atoms with van der Waals surface area (Å²) < 4.78 is 11.7. The van der Waals surface area contributed by atoms with Gasteiger partial charge in [-0.1, -0.05) is 68.8 Å². The molecule has 6 heteroatoms. The van der Waals surface area contributed by atoms with Crippen molar-refractivity contribution in [3.8, 4) is 11.5 Å².